The number of aryl methyl sites for hydroxylation is 1. The Bertz CT molecular complexity index is 642. The third-order valence-electron chi connectivity index (χ3n) is 4.31. The molecule has 21 heavy (non-hydrogen) atoms. The van der Waals surface area contributed by atoms with Crippen molar-refractivity contribution >= 4 is 18.5 Å². The molecule has 0 N–H and O–H groups in total. The summed E-state index contributed by atoms with van der Waals surface area (Å²) >= 11 is 0. The maximum Gasteiger partial charge on any atom is 0.494 e. The molecule has 1 aliphatic rings. The van der Waals surface area contributed by atoms with Crippen molar-refractivity contribution in [1.29, 1.82) is 0 Å². The molecule has 1 heterocycles. The van der Waals surface area contributed by atoms with Crippen LogP contribution in [0.1, 0.15) is 47.7 Å². The molecule has 0 saturated carbocycles. The van der Waals surface area contributed by atoms with E-state index in [9.17, 15) is 4.79 Å². The molecule has 114 valence electrons. The van der Waals surface area contributed by atoms with Gasteiger partial charge in [-0.15, -0.1) is 0 Å². The first-order valence-corrected chi connectivity index (χ1v) is 7.00. The zero-order valence-electron chi connectivity index (χ0n) is 16.5. The largest absolute Gasteiger partial charge is 0.494 e. The van der Waals surface area contributed by atoms with Gasteiger partial charge >= 0.3 is 7.12 Å². The molecule has 0 atom stereocenters. The topological polar surface area (TPSA) is 38.8 Å². The number of hydrogen-bond acceptors (Lipinski definition) is 3. The Balaban J connectivity index is 2.27. The summed E-state index contributed by atoms with van der Waals surface area (Å²) in [5, 5.41) is 0. The van der Waals surface area contributed by atoms with Crippen LogP contribution in [-0.4, -0.2) is 43.2 Å². The van der Waals surface area contributed by atoms with E-state index in [1.165, 1.54) is 7.05 Å². The lowest BCUT2D eigenvalue weighted by Crippen LogP contribution is -2.41. The minimum absolute atomic E-state index is 0.355. The number of hydrogen-bond donors (Lipinski definition) is 0. The van der Waals surface area contributed by atoms with Crippen LogP contribution < -0.4 is 5.46 Å². The summed E-state index contributed by atoms with van der Waals surface area (Å²) in [6, 6.07) is 5.18. The third-order valence-corrected chi connectivity index (χ3v) is 4.31. The zero-order valence-corrected chi connectivity index (χ0v) is 13.5. The Morgan fingerprint density at radius 3 is 2.29 bits per heavy atom. The molecule has 0 aromatic heterocycles. The maximum absolute atomic E-state index is 12.4. The second kappa shape index (κ2) is 5.14. The Labute approximate surface area is 131 Å². The van der Waals surface area contributed by atoms with E-state index >= 15 is 0 Å². The minimum atomic E-state index is -2.46. The molecule has 1 aromatic rings. The fraction of sp³-hybridized carbons (Fsp3) is 0.562. The monoisotopic (exact) mass is 292 g/mol. The summed E-state index contributed by atoms with van der Waals surface area (Å²) in [5.74, 6) is -0.534. The molecule has 0 radical (unpaired) electrons. The van der Waals surface area contributed by atoms with Crippen molar-refractivity contribution < 1.29 is 18.2 Å². The lowest BCUT2D eigenvalue weighted by atomic mass is 9.78. The first kappa shape index (κ1) is 12.2. The Morgan fingerprint density at radius 1 is 1.24 bits per heavy atom. The fourth-order valence-corrected chi connectivity index (χ4v) is 2.23. The molecule has 1 aromatic carbocycles. The second-order valence-electron chi connectivity index (χ2n) is 6.53. The molecule has 1 amide bonds. The van der Waals surface area contributed by atoms with Gasteiger partial charge in [0.15, 0.2) is 0 Å². The van der Waals surface area contributed by atoms with Gasteiger partial charge in [0, 0.05) is 23.7 Å². The molecule has 1 saturated heterocycles. The van der Waals surface area contributed by atoms with Crippen LogP contribution in [0.15, 0.2) is 18.2 Å². The number of benzene rings is 1. The summed E-state index contributed by atoms with van der Waals surface area (Å²) in [6.45, 7) is 7.21. The first-order valence-electron chi connectivity index (χ1n) is 8.50. The van der Waals surface area contributed by atoms with Gasteiger partial charge in [-0.25, -0.2) is 0 Å². The van der Waals surface area contributed by atoms with Crippen LogP contribution >= 0.6 is 0 Å². The average Bonchev–Trinajstić information content (AvgIpc) is 2.64. The lowest BCUT2D eigenvalue weighted by molar-refractivity contribution is 0.00578. The summed E-state index contributed by atoms with van der Waals surface area (Å²) in [4.78, 5) is 13.1. The van der Waals surface area contributed by atoms with Gasteiger partial charge in [0.2, 0.25) is 0 Å². The fourth-order valence-electron chi connectivity index (χ4n) is 2.23. The molecule has 0 aliphatic carbocycles. The second-order valence-corrected chi connectivity index (χ2v) is 6.53. The van der Waals surface area contributed by atoms with Gasteiger partial charge in [-0.05, 0) is 51.7 Å². The van der Waals surface area contributed by atoms with E-state index in [2.05, 4.69) is 0 Å². The molecule has 0 bridgehead atoms. The van der Waals surface area contributed by atoms with Gasteiger partial charge in [-0.1, -0.05) is 12.1 Å². The molecular weight excluding hydrogens is 265 g/mol. The highest BCUT2D eigenvalue weighted by molar-refractivity contribution is 6.62. The zero-order chi connectivity index (χ0) is 18.5. The molecule has 1 fully saturated rings. The Morgan fingerprint density at radius 2 is 1.81 bits per heavy atom. The van der Waals surface area contributed by atoms with Gasteiger partial charge in [0.05, 0.1) is 11.2 Å². The SMILES string of the molecule is [2H]C([2H])([2H])N(C)C(=O)c1ccc(B2OC(C)(C)C(C)(C)O2)cc1C. The summed E-state index contributed by atoms with van der Waals surface area (Å²) in [7, 11) is 0.759. The van der Waals surface area contributed by atoms with E-state index < -0.39 is 31.2 Å². The van der Waals surface area contributed by atoms with E-state index in [4.69, 9.17) is 13.4 Å². The number of rotatable bonds is 2. The first-order chi connectivity index (χ1) is 10.8. The van der Waals surface area contributed by atoms with Crippen LogP contribution in [0, 0.1) is 6.92 Å². The molecule has 5 heteroatoms. The highest BCUT2D eigenvalue weighted by Crippen LogP contribution is 2.36. The van der Waals surface area contributed by atoms with Crippen molar-refractivity contribution in [3.8, 4) is 0 Å². The molecule has 0 spiro atoms. The van der Waals surface area contributed by atoms with Crippen molar-refractivity contribution in [3.63, 3.8) is 0 Å². The molecular formula is C16H24BNO3. The predicted octanol–water partition coefficient (Wildman–Crippen LogP) is 2.00. The van der Waals surface area contributed by atoms with Crippen molar-refractivity contribution in [1.82, 2.24) is 4.90 Å². The Kier molecular flexibility index (Phi) is 3.00. The van der Waals surface area contributed by atoms with Crippen molar-refractivity contribution in [2.45, 2.75) is 45.8 Å². The Hall–Kier alpha value is -1.33. The highest BCUT2D eigenvalue weighted by Gasteiger charge is 2.51. The van der Waals surface area contributed by atoms with Crippen molar-refractivity contribution in [2.24, 2.45) is 0 Å². The predicted molar refractivity (Wildman–Crippen MR) is 84.9 cm³/mol. The quantitative estimate of drug-likeness (QED) is 0.783. The maximum atomic E-state index is 12.4. The summed E-state index contributed by atoms with van der Waals surface area (Å²) in [6.07, 6.45) is 0. The standard InChI is InChI=1S/C16H24BNO3/c1-11-10-12(8-9-13(11)14(19)18(6)7)17-20-15(2,3)16(4,5)21-17/h8-10H,1-7H3/i6D3. The van der Waals surface area contributed by atoms with Gasteiger partial charge in [0.25, 0.3) is 5.91 Å². The smallest absolute Gasteiger partial charge is 0.399 e. The number of carbonyl (C=O) groups excluding carboxylic acids is 1. The highest BCUT2D eigenvalue weighted by atomic mass is 16.7. The van der Waals surface area contributed by atoms with Crippen LogP contribution in [0.25, 0.3) is 0 Å². The van der Waals surface area contributed by atoms with Crippen molar-refractivity contribution in [3.05, 3.63) is 29.3 Å². The average molecular weight is 292 g/mol. The molecule has 2 rings (SSSR count). The normalized spacial score (nSPS) is 22.4. The van der Waals surface area contributed by atoms with E-state index in [-0.39, 0.29) is 0 Å². The molecule has 1 aliphatic heterocycles. The molecule has 4 nitrogen and oxygen atoms in total. The summed E-state index contributed by atoms with van der Waals surface area (Å²) in [5.41, 5.74) is 0.958. The van der Waals surface area contributed by atoms with E-state index in [0.29, 0.717) is 11.1 Å². The van der Waals surface area contributed by atoms with E-state index in [1.807, 2.05) is 33.8 Å². The van der Waals surface area contributed by atoms with Gasteiger partial charge in [0.1, 0.15) is 0 Å². The van der Waals surface area contributed by atoms with Crippen LogP contribution in [0.2, 0.25) is 0 Å². The van der Waals surface area contributed by atoms with Crippen molar-refractivity contribution in [2.75, 3.05) is 14.0 Å². The number of carbonyl (C=O) groups is 1. The third kappa shape index (κ3) is 2.85. The van der Waals surface area contributed by atoms with Gasteiger partial charge in [-0.3, -0.25) is 4.79 Å². The number of nitrogens with zero attached hydrogens (tertiary/aromatic N) is 1. The van der Waals surface area contributed by atoms with Gasteiger partial charge in [-0.2, -0.15) is 0 Å². The van der Waals surface area contributed by atoms with E-state index in [1.54, 1.807) is 19.1 Å². The van der Waals surface area contributed by atoms with Crippen LogP contribution in [-0.2, 0) is 9.31 Å². The van der Waals surface area contributed by atoms with E-state index in [0.717, 1.165) is 10.4 Å². The van der Waals surface area contributed by atoms with Crippen LogP contribution in [0.5, 0.6) is 0 Å². The summed E-state index contributed by atoms with van der Waals surface area (Å²) < 4.78 is 34.1. The lowest BCUT2D eigenvalue weighted by Gasteiger charge is -2.32. The van der Waals surface area contributed by atoms with Crippen LogP contribution in [0.3, 0.4) is 0 Å². The van der Waals surface area contributed by atoms with Gasteiger partial charge < -0.3 is 14.2 Å². The minimum Gasteiger partial charge on any atom is -0.399 e. The number of amides is 1. The van der Waals surface area contributed by atoms with Crippen LogP contribution in [0.4, 0.5) is 0 Å². The molecule has 0 unspecified atom stereocenters.